The molecule has 0 atom stereocenters. The zero-order chi connectivity index (χ0) is 10.1. The topological polar surface area (TPSA) is 17.1 Å². The zero-order valence-corrected chi connectivity index (χ0v) is 9.53. The Morgan fingerprint density at radius 2 is 2.08 bits per heavy atom. The fraction of sp³-hybridized carbons (Fsp3) is 0.727. The van der Waals surface area contributed by atoms with Crippen LogP contribution in [0.25, 0.3) is 0 Å². The van der Waals surface area contributed by atoms with E-state index in [0.29, 0.717) is 0 Å². The first-order valence-corrected chi connectivity index (χ1v) is 5.94. The van der Waals surface area contributed by atoms with Gasteiger partial charge in [-0.05, 0) is 18.4 Å². The molecule has 0 amide bonds. The van der Waals surface area contributed by atoms with Crippen LogP contribution in [0.4, 0.5) is 0 Å². The van der Waals surface area contributed by atoms with Gasteiger partial charge in [0, 0.05) is 5.75 Å². The summed E-state index contributed by atoms with van der Waals surface area (Å²) in [5.41, 5.74) is 0. The third kappa shape index (κ3) is 9.68. The van der Waals surface area contributed by atoms with Crippen molar-refractivity contribution in [1.82, 2.24) is 0 Å². The number of carbonyl (C=O) groups excluding carboxylic acids is 1. The van der Waals surface area contributed by atoms with E-state index in [9.17, 15) is 4.79 Å². The Bertz CT molecular complexity index is 152. The van der Waals surface area contributed by atoms with Gasteiger partial charge in [0.1, 0.15) is 0 Å². The second-order valence-electron chi connectivity index (χ2n) is 3.61. The van der Waals surface area contributed by atoms with E-state index in [4.69, 9.17) is 0 Å². The van der Waals surface area contributed by atoms with Gasteiger partial charge in [0.25, 0.3) is 0 Å². The summed E-state index contributed by atoms with van der Waals surface area (Å²) in [6.45, 7) is 7.92. The van der Waals surface area contributed by atoms with Crippen LogP contribution in [0.5, 0.6) is 0 Å². The average Bonchev–Trinajstić information content (AvgIpc) is 2.10. The van der Waals surface area contributed by atoms with Gasteiger partial charge < -0.3 is 0 Å². The summed E-state index contributed by atoms with van der Waals surface area (Å²) in [7, 11) is 0. The summed E-state index contributed by atoms with van der Waals surface area (Å²) in [6, 6.07) is 0. The van der Waals surface area contributed by atoms with Crippen molar-refractivity contribution in [1.29, 1.82) is 0 Å². The molecule has 13 heavy (non-hydrogen) atoms. The van der Waals surface area contributed by atoms with Crippen LogP contribution >= 0.6 is 11.8 Å². The minimum absolute atomic E-state index is 0.101. The Hall–Kier alpha value is -0.240. The van der Waals surface area contributed by atoms with Gasteiger partial charge in [-0.3, -0.25) is 4.79 Å². The van der Waals surface area contributed by atoms with Crippen molar-refractivity contribution in [2.45, 2.75) is 39.5 Å². The van der Waals surface area contributed by atoms with Crippen molar-refractivity contribution in [2.24, 2.45) is 5.92 Å². The number of thioether (sulfide) groups is 1. The van der Waals surface area contributed by atoms with Gasteiger partial charge in [-0.2, -0.15) is 0 Å². The molecule has 0 aliphatic heterocycles. The molecule has 0 unspecified atom stereocenters. The molecule has 0 rings (SSSR count). The zero-order valence-electron chi connectivity index (χ0n) is 8.71. The standard InChI is InChI=1S/C11H20OS/c1-4-11(12)13-9-7-5-6-8-10(2)3/h4,10H,1,5-9H2,2-3H3. The molecule has 2 heteroatoms. The molecule has 0 aromatic carbocycles. The highest BCUT2D eigenvalue weighted by Gasteiger charge is 1.97. The first-order chi connectivity index (χ1) is 6.16. The first kappa shape index (κ1) is 12.8. The molecule has 0 fully saturated rings. The van der Waals surface area contributed by atoms with Gasteiger partial charge in [0.05, 0.1) is 0 Å². The largest absolute Gasteiger partial charge is 0.282 e. The van der Waals surface area contributed by atoms with Crippen molar-refractivity contribution in [3.8, 4) is 0 Å². The lowest BCUT2D eigenvalue weighted by Gasteiger charge is -2.03. The predicted octanol–water partition coefficient (Wildman–Crippen LogP) is 3.65. The second-order valence-corrected chi connectivity index (χ2v) is 4.71. The third-order valence-corrected chi connectivity index (χ3v) is 2.78. The van der Waals surface area contributed by atoms with E-state index in [0.717, 1.165) is 18.1 Å². The molecule has 76 valence electrons. The van der Waals surface area contributed by atoms with Gasteiger partial charge in [-0.25, -0.2) is 0 Å². The highest BCUT2D eigenvalue weighted by atomic mass is 32.2. The van der Waals surface area contributed by atoms with Gasteiger partial charge in [-0.1, -0.05) is 51.5 Å². The molecule has 0 N–H and O–H groups in total. The van der Waals surface area contributed by atoms with Crippen molar-refractivity contribution < 1.29 is 4.79 Å². The second kappa shape index (κ2) is 8.36. The van der Waals surface area contributed by atoms with E-state index < -0.39 is 0 Å². The van der Waals surface area contributed by atoms with Gasteiger partial charge >= 0.3 is 0 Å². The lowest BCUT2D eigenvalue weighted by atomic mass is 10.1. The third-order valence-electron chi connectivity index (χ3n) is 1.84. The highest BCUT2D eigenvalue weighted by Crippen LogP contribution is 2.11. The van der Waals surface area contributed by atoms with E-state index in [1.165, 1.54) is 37.1 Å². The van der Waals surface area contributed by atoms with E-state index in [1.54, 1.807) is 0 Å². The molecule has 0 radical (unpaired) electrons. The van der Waals surface area contributed by atoms with Crippen molar-refractivity contribution in [2.75, 3.05) is 5.75 Å². The lowest BCUT2D eigenvalue weighted by molar-refractivity contribution is -0.107. The van der Waals surface area contributed by atoms with Crippen LogP contribution in [0.2, 0.25) is 0 Å². The van der Waals surface area contributed by atoms with E-state index in [1.807, 2.05) is 0 Å². The maximum absolute atomic E-state index is 10.8. The number of unbranched alkanes of at least 4 members (excludes halogenated alkanes) is 2. The summed E-state index contributed by atoms with van der Waals surface area (Å²) in [5.74, 6) is 1.76. The first-order valence-electron chi connectivity index (χ1n) is 4.96. The Morgan fingerprint density at radius 3 is 2.62 bits per heavy atom. The van der Waals surface area contributed by atoms with E-state index in [2.05, 4.69) is 20.4 Å². The van der Waals surface area contributed by atoms with Crippen LogP contribution in [-0.2, 0) is 4.79 Å². The minimum atomic E-state index is 0.101. The molecule has 0 bridgehead atoms. The smallest absolute Gasteiger partial charge is 0.211 e. The summed E-state index contributed by atoms with van der Waals surface area (Å²) < 4.78 is 0. The fourth-order valence-corrected chi connectivity index (χ4v) is 1.73. The SMILES string of the molecule is C=CC(=O)SCCCCCC(C)C. The maximum atomic E-state index is 10.8. The number of carbonyl (C=O) groups is 1. The summed E-state index contributed by atoms with van der Waals surface area (Å²) in [5, 5.41) is 0.101. The van der Waals surface area contributed by atoms with Crippen LogP contribution < -0.4 is 0 Å². The lowest BCUT2D eigenvalue weighted by Crippen LogP contribution is -1.90. The van der Waals surface area contributed by atoms with Crippen LogP contribution in [0, 0.1) is 5.92 Å². The monoisotopic (exact) mass is 200 g/mol. The van der Waals surface area contributed by atoms with E-state index in [-0.39, 0.29) is 5.12 Å². The highest BCUT2D eigenvalue weighted by molar-refractivity contribution is 8.14. The molecule has 0 saturated carbocycles. The van der Waals surface area contributed by atoms with Crippen LogP contribution in [-0.4, -0.2) is 10.9 Å². The molecular weight excluding hydrogens is 180 g/mol. The maximum Gasteiger partial charge on any atom is 0.211 e. The molecule has 0 heterocycles. The molecule has 1 nitrogen and oxygen atoms in total. The predicted molar refractivity (Wildman–Crippen MR) is 61.0 cm³/mol. The number of hydrogen-bond donors (Lipinski definition) is 0. The Balaban J connectivity index is 3.08. The van der Waals surface area contributed by atoms with Gasteiger partial charge in [-0.15, -0.1) is 0 Å². The summed E-state index contributed by atoms with van der Waals surface area (Å²) in [6.07, 6.45) is 6.38. The Morgan fingerprint density at radius 1 is 1.38 bits per heavy atom. The van der Waals surface area contributed by atoms with Crippen LogP contribution in [0.3, 0.4) is 0 Å². The number of rotatable bonds is 7. The van der Waals surface area contributed by atoms with Crippen LogP contribution in [0.15, 0.2) is 12.7 Å². The Kier molecular flexibility index (Phi) is 8.21. The summed E-state index contributed by atoms with van der Waals surface area (Å²) >= 11 is 1.38. The quantitative estimate of drug-likeness (QED) is 0.461. The summed E-state index contributed by atoms with van der Waals surface area (Å²) in [4.78, 5) is 10.8. The van der Waals surface area contributed by atoms with Crippen molar-refractivity contribution in [3.63, 3.8) is 0 Å². The number of hydrogen-bond acceptors (Lipinski definition) is 2. The molecule has 0 aliphatic rings. The van der Waals surface area contributed by atoms with E-state index >= 15 is 0 Å². The van der Waals surface area contributed by atoms with Gasteiger partial charge in [0.15, 0.2) is 0 Å². The minimum Gasteiger partial charge on any atom is -0.282 e. The molecule has 0 aromatic rings. The molecule has 0 aromatic heterocycles. The van der Waals surface area contributed by atoms with Gasteiger partial charge in [0.2, 0.25) is 5.12 Å². The van der Waals surface area contributed by atoms with Crippen LogP contribution in [0.1, 0.15) is 39.5 Å². The Labute approximate surface area is 86.0 Å². The molecule has 0 spiro atoms. The normalized spacial score (nSPS) is 10.4. The van der Waals surface area contributed by atoms with Crippen molar-refractivity contribution in [3.05, 3.63) is 12.7 Å². The molecule has 0 saturated heterocycles. The average molecular weight is 200 g/mol. The van der Waals surface area contributed by atoms with Crippen molar-refractivity contribution >= 4 is 16.9 Å². The fourth-order valence-electron chi connectivity index (χ4n) is 1.06. The molecule has 0 aliphatic carbocycles. The molecular formula is C11H20OS.